The molecule has 1 fully saturated rings. The van der Waals surface area contributed by atoms with Gasteiger partial charge < -0.3 is 22.1 Å². The van der Waals surface area contributed by atoms with Gasteiger partial charge in [-0.15, -0.1) is 0 Å². The molecule has 1 heterocycles. The van der Waals surface area contributed by atoms with Crippen molar-refractivity contribution in [3.63, 3.8) is 0 Å². The molecule has 0 saturated carbocycles. The predicted octanol–water partition coefficient (Wildman–Crippen LogP) is 4.26. The summed E-state index contributed by atoms with van der Waals surface area (Å²) in [6.45, 7) is 18.6. The van der Waals surface area contributed by atoms with Gasteiger partial charge in [0, 0.05) is 25.0 Å². The van der Waals surface area contributed by atoms with Crippen LogP contribution in [0.4, 0.5) is 0 Å². The van der Waals surface area contributed by atoms with Gasteiger partial charge in [0.25, 0.3) is 0 Å². The van der Waals surface area contributed by atoms with E-state index < -0.39 is 31.4 Å². The minimum absolute atomic E-state index is 0.101. The predicted molar refractivity (Wildman–Crippen MR) is 119 cm³/mol. The molecule has 0 aromatic rings. The van der Waals surface area contributed by atoms with Crippen LogP contribution in [0.15, 0.2) is 0 Å². The summed E-state index contributed by atoms with van der Waals surface area (Å²) in [6, 6.07) is 0.931. The van der Waals surface area contributed by atoms with Gasteiger partial charge in [-0.05, 0) is 59.4 Å². The highest BCUT2D eigenvalue weighted by molar-refractivity contribution is 6.93. The monoisotopic (exact) mass is 464 g/mol. The number of rotatable bonds is 14. The molecular formula is C19H40O7Si3. The van der Waals surface area contributed by atoms with Crippen molar-refractivity contribution < 1.29 is 31.7 Å². The third kappa shape index (κ3) is 7.68. The van der Waals surface area contributed by atoms with Crippen LogP contribution in [0.5, 0.6) is 0 Å². The lowest BCUT2D eigenvalue weighted by atomic mass is 10.0. The highest BCUT2D eigenvalue weighted by Crippen LogP contribution is 2.37. The molecule has 0 aliphatic carbocycles. The molecule has 0 aromatic carbocycles. The maximum Gasteiger partial charge on any atom is 0.503 e. The van der Waals surface area contributed by atoms with E-state index in [4.69, 9.17) is 17.4 Å². The van der Waals surface area contributed by atoms with E-state index in [-0.39, 0.29) is 23.5 Å². The van der Waals surface area contributed by atoms with Crippen LogP contribution >= 0.6 is 0 Å². The molecule has 170 valence electrons. The zero-order chi connectivity index (χ0) is 22.3. The normalized spacial score (nSPS) is 19.5. The lowest BCUT2D eigenvalue weighted by Crippen LogP contribution is -2.60. The van der Waals surface area contributed by atoms with Crippen molar-refractivity contribution in [2.75, 3.05) is 19.8 Å². The van der Waals surface area contributed by atoms with E-state index in [0.29, 0.717) is 26.2 Å². The van der Waals surface area contributed by atoms with Gasteiger partial charge in [0.1, 0.15) is 0 Å². The largest absolute Gasteiger partial charge is 0.503 e. The van der Waals surface area contributed by atoms with Crippen LogP contribution in [0.25, 0.3) is 0 Å². The third-order valence-electron chi connectivity index (χ3n) is 5.44. The summed E-state index contributed by atoms with van der Waals surface area (Å²) in [5, 5.41) is 0.101. The van der Waals surface area contributed by atoms with Crippen LogP contribution < -0.4 is 0 Å². The fourth-order valence-corrected chi connectivity index (χ4v) is 18.7. The molecular weight excluding hydrogens is 424 g/mol. The van der Waals surface area contributed by atoms with Crippen LogP contribution in [0, 0.1) is 5.92 Å². The van der Waals surface area contributed by atoms with Crippen molar-refractivity contribution in [1.29, 1.82) is 0 Å². The molecule has 1 aliphatic heterocycles. The Morgan fingerprint density at radius 1 is 1.00 bits per heavy atom. The van der Waals surface area contributed by atoms with Gasteiger partial charge in [0.05, 0.1) is 12.3 Å². The second kappa shape index (κ2) is 11.3. The Hall–Kier alpha value is -0.369. The summed E-state index contributed by atoms with van der Waals surface area (Å²) >= 11 is 0. The number of carbonyl (C=O) groups excluding carboxylic acids is 2. The van der Waals surface area contributed by atoms with Crippen molar-refractivity contribution in [1.82, 2.24) is 0 Å². The average Bonchev–Trinajstić information content (AvgIpc) is 2.91. The SMILES string of the molecule is CCO[Si](OCC)(OCC)C(C)[Si](C)(C)O[Si](C)(C)CCCC1CC(=O)OC1=O. The van der Waals surface area contributed by atoms with E-state index in [0.717, 1.165) is 12.5 Å². The first kappa shape index (κ1) is 26.7. The number of esters is 2. The molecule has 10 heteroatoms. The van der Waals surface area contributed by atoms with Crippen LogP contribution in [0.2, 0.25) is 37.4 Å². The van der Waals surface area contributed by atoms with Crippen molar-refractivity contribution in [2.45, 2.75) is 84.4 Å². The molecule has 0 aromatic heterocycles. The fourth-order valence-electron chi connectivity index (χ4n) is 3.90. The lowest BCUT2D eigenvalue weighted by molar-refractivity contribution is -0.153. The summed E-state index contributed by atoms with van der Waals surface area (Å²) in [7, 11) is -7.02. The van der Waals surface area contributed by atoms with Gasteiger partial charge >= 0.3 is 20.7 Å². The number of carbonyl (C=O) groups is 2. The fraction of sp³-hybridized carbons (Fsp3) is 0.895. The van der Waals surface area contributed by atoms with Gasteiger partial charge in [-0.2, -0.15) is 0 Å². The number of hydrogen-bond acceptors (Lipinski definition) is 7. The molecule has 0 bridgehead atoms. The number of cyclic esters (lactones) is 2. The van der Waals surface area contributed by atoms with Gasteiger partial charge in [-0.1, -0.05) is 13.3 Å². The van der Waals surface area contributed by atoms with Gasteiger partial charge in [0.2, 0.25) is 0 Å². The quantitative estimate of drug-likeness (QED) is 0.216. The van der Waals surface area contributed by atoms with Crippen molar-refractivity contribution in [3.05, 3.63) is 0 Å². The summed E-state index contributed by atoms with van der Waals surface area (Å²) in [5.74, 6) is -1.07. The minimum atomic E-state index is -2.84. The van der Waals surface area contributed by atoms with Crippen molar-refractivity contribution in [3.8, 4) is 0 Å². The third-order valence-corrected chi connectivity index (χ3v) is 19.7. The number of ether oxygens (including phenoxy) is 1. The Morgan fingerprint density at radius 2 is 1.52 bits per heavy atom. The van der Waals surface area contributed by atoms with Crippen LogP contribution in [-0.4, -0.2) is 57.2 Å². The average molecular weight is 465 g/mol. The Kier molecular flexibility index (Phi) is 10.4. The van der Waals surface area contributed by atoms with E-state index >= 15 is 0 Å². The minimum Gasteiger partial charge on any atom is -0.455 e. The number of hydrogen-bond donors (Lipinski definition) is 0. The lowest BCUT2D eigenvalue weighted by Gasteiger charge is -2.43. The Bertz CT molecular complexity index is 537. The van der Waals surface area contributed by atoms with E-state index in [1.54, 1.807) is 0 Å². The highest BCUT2D eigenvalue weighted by Gasteiger charge is 2.56. The summed E-state index contributed by atoms with van der Waals surface area (Å²) in [6.07, 6.45) is 1.75. The molecule has 0 N–H and O–H groups in total. The van der Waals surface area contributed by atoms with Gasteiger partial charge in [-0.25, -0.2) is 0 Å². The highest BCUT2D eigenvalue weighted by atomic mass is 28.5. The molecule has 2 unspecified atom stereocenters. The molecule has 7 nitrogen and oxygen atoms in total. The van der Waals surface area contributed by atoms with Crippen LogP contribution in [-0.2, 0) is 31.7 Å². The van der Waals surface area contributed by atoms with E-state index in [9.17, 15) is 9.59 Å². The van der Waals surface area contributed by atoms with Crippen molar-refractivity contribution >= 4 is 37.4 Å². The first-order valence-corrected chi connectivity index (χ1v) is 18.7. The van der Waals surface area contributed by atoms with E-state index in [2.05, 4.69) is 37.8 Å². The maximum atomic E-state index is 11.7. The molecule has 1 saturated heterocycles. The second-order valence-corrected chi connectivity index (χ2v) is 21.1. The molecule has 0 spiro atoms. The van der Waals surface area contributed by atoms with E-state index in [1.807, 2.05) is 20.8 Å². The molecule has 1 rings (SSSR count). The van der Waals surface area contributed by atoms with Crippen LogP contribution in [0.1, 0.15) is 47.0 Å². The first-order valence-electron chi connectivity index (χ1n) is 10.8. The van der Waals surface area contributed by atoms with Crippen molar-refractivity contribution in [2.24, 2.45) is 5.92 Å². The smallest absolute Gasteiger partial charge is 0.455 e. The standard InChI is InChI=1S/C19H40O7Si3/c1-9-22-29(23-10-2,24-11-3)16(4)28(7,8)26-27(5,6)14-12-13-17-15-18(20)25-19(17)21/h16-17H,9-15H2,1-8H3. The Balaban J connectivity index is 2.77. The van der Waals surface area contributed by atoms with Gasteiger partial charge in [-0.3, -0.25) is 9.59 Å². The van der Waals surface area contributed by atoms with Gasteiger partial charge in [0.15, 0.2) is 16.6 Å². The first-order chi connectivity index (χ1) is 13.4. The topological polar surface area (TPSA) is 80.3 Å². The summed E-state index contributed by atoms with van der Waals surface area (Å²) in [5.41, 5.74) is 0. The molecule has 0 radical (unpaired) electrons. The Morgan fingerprint density at radius 3 is 1.93 bits per heavy atom. The zero-order valence-electron chi connectivity index (χ0n) is 19.5. The van der Waals surface area contributed by atoms with E-state index in [1.165, 1.54) is 0 Å². The zero-order valence-corrected chi connectivity index (χ0v) is 22.5. The Labute approximate surface area is 179 Å². The maximum absolute atomic E-state index is 11.7. The molecule has 29 heavy (non-hydrogen) atoms. The molecule has 1 aliphatic rings. The molecule has 0 amide bonds. The summed E-state index contributed by atoms with van der Waals surface area (Å²) in [4.78, 5) is 22.9. The second-order valence-electron chi connectivity index (χ2n) is 8.68. The molecule has 2 atom stereocenters. The van der Waals surface area contributed by atoms with Crippen LogP contribution in [0.3, 0.4) is 0 Å². The summed E-state index contributed by atoms with van der Waals surface area (Å²) < 4.78 is 29.9.